The van der Waals surface area contributed by atoms with E-state index >= 15 is 0 Å². The molecule has 4 aromatic rings. The molecular weight excluding hydrogens is 314 g/mol. The lowest BCUT2D eigenvalue weighted by atomic mass is 10.1. The largest absolute Gasteiger partial charge is 0.394 e. The van der Waals surface area contributed by atoms with Gasteiger partial charge in [-0.2, -0.15) is 0 Å². The molecule has 0 spiro atoms. The van der Waals surface area contributed by atoms with Crippen molar-refractivity contribution in [1.82, 2.24) is 14.1 Å². The van der Waals surface area contributed by atoms with Crippen LogP contribution in [-0.2, 0) is 6.54 Å². The molecule has 0 saturated heterocycles. The van der Waals surface area contributed by atoms with Crippen LogP contribution in [0, 0.1) is 0 Å². The Hall–Kier alpha value is -2.63. The van der Waals surface area contributed by atoms with Gasteiger partial charge in [0.25, 0.3) is 0 Å². The molecule has 0 aliphatic carbocycles. The highest BCUT2D eigenvalue weighted by molar-refractivity contribution is 6.09. The summed E-state index contributed by atoms with van der Waals surface area (Å²) in [6.45, 7) is 2.81. The average Bonchev–Trinajstić information content (AvgIpc) is 3.25. The topological polar surface area (TPSA) is 63.2 Å². The number of aryl methyl sites for hydroxylation is 1. The van der Waals surface area contributed by atoms with Crippen molar-refractivity contribution in [2.24, 2.45) is 0 Å². The first-order valence-corrected chi connectivity index (χ1v) is 8.54. The molecule has 2 N–H and O–H groups in total. The van der Waals surface area contributed by atoms with Crippen LogP contribution in [0.4, 0.5) is 0 Å². The molecule has 0 saturated carbocycles. The van der Waals surface area contributed by atoms with Gasteiger partial charge in [0.2, 0.25) is 0 Å². The lowest BCUT2D eigenvalue weighted by molar-refractivity contribution is 0.155. The number of hydrogen-bond acceptors (Lipinski definition) is 3. The van der Waals surface area contributed by atoms with Gasteiger partial charge in [0.1, 0.15) is 5.82 Å². The molecule has 0 bridgehead atoms. The molecule has 2 aromatic heterocycles. The second kappa shape index (κ2) is 6.35. The smallest absolute Gasteiger partial charge is 0.140 e. The van der Waals surface area contributed by atoms with Crippen LogP contribution in [0.15, 0.2) is 54.9 Å². The number of fused-ring (bicyclic) bond motifs is 3. The Balaban J connectivity index is 1.94. The van der Waals surface area contributed by atoms with Crippen LogP contribution in [0.25, 0.3) is 33.2 Å². The monoisotopic (exact) mass is 335 g/mol. The number of rotatable bonds is 5. The first kappa shape index (κ1) is 15.9. The highest BCUT2D eigenvalue weighted by atomic mass is 16.3. The molecule has 0 aliphatic rings. The van der Waals surface area contributed by atoms with Crippen LogP contribution < -0.4 is 0 Å². The number of benzene rings is 2. The van der Waals surface area contributed by atoms with E-state index < -0.39 is 0 Å². The highest BCUT2D eigenvalue weighted by Crippen LogP contribution is 2.32. The van der Waals surface area contributed by atoms with Gasteiger partial charge in [-0.25, -0.2) is 4.98 Å². The predicted molar refractivity (Wildman–Crippen MR) is 99.5 cm³/mol. The third-order valence-corrected chi connectivity index (χ3v) is 4.83. The Morgan fingerprint density at radius 2 is 1.76 bits per heavy atom. The molecule has 5 nitrogen and oxygen atoms in total. The molecule has 5 heteroatoms. The van der Waals surface area contributed by atoms with Gasteiger partial charge in [-0.1, -0.05) is 18.2 Å². The molecular formula is C20H21N3O2. The summed E-state index contributed by atoms with van der Waals surface area (Å²) in [5.74, 6) is 0.753. The number of aromatic nitrogens is 3. The molecule has 2 aromatic carbocycles. The lowest BCUT2D eigenvalue weighted by Crippen LogP contribution is -2.17. The van der Waals surface area contributed by atoms with Gasteiger partial charge < -0.3 is 19.3 Å². The molecule has 25 heavy (non-hydrogen) atoms. The molecule has 0 aliphatic heterocycles. The van der Waals surface area contributed by atoms with E-state index in [1.54, 1.807) is 12.4 Å². The average molecular weight is 335 g/mol. The van der Waals surface area contributed by atoms with Crippen LogP contribution in [0.3, 0.4) is 0 Å². The van der Waals surface area contributed by atoms with Crippen LogP contribution in [0.2, 0.25) is 0 Å². The van der Waals surface area contributed by atoms with E-state index in [4.69, 9.17) is 0 Å². The number of para-hydroxylation sites is 1. The van der Waals surface area contributed by atoms with Crippen molar-refractivity contribution in [2.45, 2.75) is 19.5 Å². The fourth-order valence-corrected chi connectivity index (χ4v) is 3.60. The maximum Gasteiger partial charge on any atom is 0.140 e. The molecule has 2 heterocycles. The summed E-state index contributed by atoms with van der Waals surface area (Å²) in [6, 6.07) is 14.4. The Kier molecular flexibility index (Phi) is 4.03. The minimum Gasteiger partial charge on any atom is -0.394 e. The molecule has 0 atom stereocenters. The first-order valence-electron chi connectivity index (χ1n) is 8.54. The van der Waals surface area contributed by atoms with Gasteiger partial charge in [0, 0.05) is 46.3 Å². The van der Waals surface area contributed by atoms with E-state index in [1.165, 1.54) is 21.8 Å². The number of aliphatic hydroxyl groups excluding tert-OH is 2. The van der Waals surface area contributed by atoms with Crippen LogP contribution in [0.1, 0.15) is 13.0 Å². The summed E-state index contributed by atoms with van der Waals surface area (Å²) in [5, 5.41) is 21.4. The van der Waals surface area contributed by atoms with Gasteiger partial charge in [0.15, 0.2) is 0 Å². The minimum absolute atomic E-state index is 0.128. The van der Waals surface area contributed by atoms with E-state index in [0.717, 1.165) is 17.9 Å². The quantitative estimate of drug-likeness (QED) is 0.589. The Labute approximate surface area is 145 Å². The molecule has 0 unspecified atom stereocenters. The van der Waals surface area contributed by atoms with E-state index in [0.29, 0.717) is 0 Å². The maximum absolute atomic E-state index is 9.51. The highest BCUT2D eigenvalue weighted by Gasteiger charge is 2.16. The summed E-state index contributed by atoms with van der Waals surface area (Å²) in [4.78, 5) is 4.45. The van der Waals surface area contributed by atoms with Crippen molar-refractivity contribution in [3.63, 3.8) is 0 Å². The fraction of sp³-hybridized carbons (Fsp3) is 0.250. The Morgan fingerprint density at radius 3 is 2.52 bits per heavy atom. The van der Waals surface area contributed by atoms with Gasteiger partial charge in [0.05, 0.1) is 19.3 Å². The standard InChI is InChI=1S/C20H21N3O2/c1-2-22-18-6-4-3-5-16(18)17-11-14(7-8-19(17)22)20-21-9-10-23(20)15(12-24)13-25/h3-11,15,24-25H,2,12-13H2,1H3. The van der Waals surface area contributed by atoms with Crippen LogP contribution in [0.5, 0.6) is 0 Å². The molecule has 0 amide bonds. The van der Waals surface area contributed by atoms with Gasteiger partial charge >= 0.3 is 0 Å². The third-order valence-electron chi connectivity index (χ3n) is 4.83. The predicted octanol–water partition coefficient (Wildman–Crippen LogP) is 3.20. The second-order valence-electron chi connectivity index (χ2n) is 6.17. The van der Waals surface area contributed by atoms with Crippen molar-refractivity contribution in [1.29, 1.82) is 0 Å². The van der Waals surface area contributed by atoms with E-state index in [-0.39, 0.29) is 19.3 Å². The zero-order chi connectivity index (χ0) is 17.4. The van der Waals surface area contributed by atoms with Gasteiger partial charge in [-0.15, -0.1) is 0 Å². The summed E-state index contributed by atoms with van der Waals surface area (Å²) in [5.41, 5.74) is 3.40. The normalized spacial score (nSPS) is 11.8. The minimum atomic E-state index is -0.384. The van der Waals surface area contributed by atoms with Gasteiger partial charge in [-0.3, -0.25) is 0 Å². The van der Waals surface area contributed by atoms with Crippen molar-refractivity contribution < 1.29 is 10.2 Å². The summed E-state index contributed by atoms with van der Waals surface area (Å²) in [7, 11) is 0. The van der Waals surface area contributed by atoms with E-state index in [2.05, 4.69) is 58.9 Å². The third kappa shape index (κ3) is 2.44. The molecule has 128 valence electrons. The Bertz CT molecular complexity index is 1030. The fourth-order valence-electron chi connectivity index (χ4n) is 3.60. The number of hydrogen-bond donors (Lipinski definition) is 2. The van der Waals surface area contributed by atoms with Gasteiger partial charge in [-0.05, 0) is 31.2 Å². The zero-order valence-corrected chi connectivity index (χ0v) is 14.1. The van der Waals surface area contributed by atoms with E-state index in [9.17, 15) is 10.2 Å². The van der Waals surface area contributed by atoms with Crippen molar-refractivity contribution in [3.05, 3.63) is 54.9 Å². The Morgan fingerprint density at radius 1 is 1.00 bits per heavy atom. The first-order chi connectivity index (χ1) is 12.3. The summed E-state index contributed by atoms with van der Waals surface area (Å²) >= 11 is 0. The zero-order valence-electron chi connectivity index (χ0n) is 14.1. The summed E-state index contributed by atoms with van der Waals surface area (Å²) in [6.07, 6.45) is 3.50. The van der Waals surface area contributed by atoms with E-state index in [1.807, 2.05) is 4.57 Å². The lowest BCUT2D eigenvalue weighted by Gasteiger charge is -2.16. The van der Waals surface area contributed by atoms with Crippen molar-refractivity contribution in [3.8, 4) is 11.4 Å². The SMILES string of the molecule is CCn1c2ccccc2c2cc(-c3nccn3C(CO)CO)ccc21. The second-order valence-corrected chi connectivity index (χ2v) is 6.17. The van der Waals surface area contributed by atoms with Crippen LogP contribution >= 0.6 is 0 Å². The van der Waals surface area contributed by atoms with Crippen LogP contribution in [-0.4, -0.2) is 37.5 Å². The number of imidazole rings is 1. The molecule has 4 rings (SSSR count). The molecule has 0 radical (unpaired) electrons. The van der Waals surface area contributed by atoms with Crippen molar-refractivity contribution >= 4 is 21.8 Å². The molecule has 0 fully saturated rings. The van der Waals surface area contributed by atoms with Crippen molar-refractivity contribution in [2.75, 3.05) is 13.2 Å². The maximum atomic E-state index is 9.51. The summed E-state index contributed by atoms with van der Waals surface area (Å²) < 4.78 is 4.14. The number of aliphatic hydroxyl groups is 2. The number of nitrogens with zero attached hydrogens (tertiary/aromatic N) is 3.